The lowest BCUT2D eigenvalue weighted by molar-refractivity contribution is 0.578. The van der Waals surface area contributed by atoms with Crippen LogP contribution in [0.2, 0.25) is 0 Å². The van der Waals surface area contributed by atoms with E-state index in [2.05, 4.69) is 20.9 Å². The molecule has 0 bridgehead atoms. The summed E-state index contributed by atoms with van der Waals surface area (Å²) < 4.78 is 13.6. The van der Waals surface area contributed by atoms with Crippen LogP contribution in [0.4, 0.5) is 4.39 Å². The number of nitrogens with two attached hydrogens (primary N) is 1. The molecule has 1 atom stereocenters. The van der Waals surface area contributed by atoms with E-state index in [0.717, 1.165) is 0 Å². The average molecular weight is 292 g/mol. The van der Waals surface area contributed by atoms with Gasteiger partial charge in [-0.3, -0.25) is 4.98 Å². The van der Waals surface area contributed by atoms with Gasteiger partial charge in [-0.05, 0) is 28.9 Å². The van der Waals surface area contributed by atoms with Gasteiger partial charge in [0.2, 0.25) is 0 Å². The van der Waals surface area contributed by atoms with Gasteiger partial charge in [-0.1, -0.05) is 0 Å². The first-order valence-corrected chi connectivity index (χ1v) is 3.97. The van der Waals surface area contributed by atoms with Gasteiger partial charge in [0.15, 0.2) is 0 Å². The number of hydrogen-bond donors (Lipinski definition) is 1. The second kappa shape index (κ2) is 6.54. The van der Waals surface area contributed by atoms with E-state index in [1.54, 1.807) is 6.92 Å². The van der Waals surface area contributed by atoms with E-state index < -0.39 is 0 Å². The second-order valence-corrected chi connectivity index (χ2v) is 3.22. The molecular formula is C7H10BrCl2FN2. The summed E-state index contributed by atoms with van der Waals surface area (Å²) in [4.78, 5) is 3.83. The highest BCUT2D eigenvalue weighted by molar-refractivity contribution is 9.10. The third-order valence-corrected chi connectivity index (χ3v) is 1.70. The smallest absolute Gasteiger partial charge is 0.147 e. The van der Waals surface area contributed by atoms with Crippen molar-refractivity contribution in [3.8, 4) is 0 Å². The van der Waals surface area contributed by atoms with Crippen LogP contribution < -0.4 is 5.73 Å². The molecule has 0 saturated heterocycles. The molecule has 0 unspecified atom stereocenters. The zero-order valence-electron chi connectivity index (χ0n) is 6.83. The van der Waals surface area contributed by atoms with E-state index >= 15 is 0 Å². The maximum Gasteiger partial charge on any atom is 0.147 e. The quantitative estimate of drug-likeness (QED) is 0.864. The van der Waals surface area contributed by atoms with Crippen LogP contribution in [0.3, 0.4) is 0 Å². The summed E-state index contributed by atoms with van der Waals surface area (Å²) in [5.74, 6) is -0.366. The molecule has 2 N–H and O–H groups in total. The van der Waals surface area contributed by atoms with Crippen molar-refractivity contribution in [3.05, 3.63) is 28.2 Å². The van der Waals surface area contributed by atoms with Gasteiger partial charge in [0, 0.05) is 16.7 Å². The molecule has 2 nitrogen and oxygen atoms in total. The van der Waals surface area contributed by atoms with Crippen LogP contribution in [0, 0.1) is 5.82 Å². The zero-order valence-corrected chi connectivity index (χ0v) is 10.0. The van der Waals surface area contributed by atoms with Gasteiger partial charge < -0.3 is 5.73 Å². The van der Waals surface area contributed by atoms with E-state index in [4.69, 9.17) is 5.73 Å². The SMILES string of the molecule is C[C@@H](N)c1ncc(Br)cc1F.Cl.Cl. The molecule has 1 aromatic rings. The van der Waals surface area contributed by atoms with Gasteiger partial charge in [-0.15, -0.1) is 24.8 Å². The fourth-order valence-electron chi connectivity index (χ4n) is 0.760. The Balaban J connectivity index is 0. The first-order chi connectivity index (χ1) is 5.11. The summed E-state index contributed by atoms with van der Waals surface area (Å²) in [6.45, 7) is 1.69. The standard InChI is InChI=1S/C7H8BrFN2.2ClH/c1-4(10)7-6(9)2-5(8)3-11-7;;/h2-4H,10H2,1H3;2*1H/t4-;;/m1../s1. The first-order valence-electron chi connectivity index (χ1n) is 3.18. The Kier molecular flexibility index (Phi) is 7.83. The predicted octanol–water partition coefficient (Wildman–Crippen LogP) is 2.85. The molecule has 76 valence electrons. The average Bonchev–Trinajstić information content (AvgIpc) is 1.85. The largest absolute Gasteiger partial charge is 0.323 e. The summed E-state index contributed by atoms with van der Waals surface area (Å²) >= 11 is 3.10. The van der Waals surface area contributed by atoms with Gasteiger partial charge in [0.25, 0.3) is 0 Å². The molecule has 0 saturated carbocycles. The van der Waals surface area contributed by atoms with Crippen LogP contribution in [0.1, 0.15) is 18.7 Å². The molecule has 6 heteroatoms. The monoisotopic (exact) mass is 290 g/mol. The normalized spacial score (nSPS) is 11.1. The van der Waals surface area contributed by atoms with Gasteiger partial charge >= 0.3 is 0 Å². The third kappa shape index (κ3) is 4.22. The summed E-state index contributed by atoms with van der Waals surface area (Å²) in [5.41, 5.74) is 5.75. The number of rotatable bonds is 1. The van der Waals surface area contributed by atoms with Gasteiger partial charge in [-0.2, -0.15) is 0 Å². The molecule has 0 aliphatic carbocycles. The van der Waals surface area contributed by atoms with Crippen LogP contribution in [-0.4, -0.2) is 4.98 Å². The lowest BCUT2D eigenvalue weighted by atomic mass is 10.2. The van der Waals surface area contributed by atoms with Crippen LogP contribution >= 0.6 is 40.7 Å². The molecule has 1 heterocycles. The van der Waals surface area contributed by atoms with E-state index in [-0.39, 0.29) is 36.7 Å². The van der Waals surface area contributed by atoms with Crippen molar-refractivity contribution in [1.29, 1.82) is 0 Å². The van der Waals surface area contributed by atoms with Gasteiger partial charge in [-0.25, -0.2) is 4.39 Å². The topological polar surface area (TPSA) is 38.9 Å². The Labute approximate surface area is 97.1 Å². The third-order valence-electron chi connectivity index (χ3n) is 1.27. The Bertz CT molecular complexity index is 271. The molecule has 0 aliphatic heterocycles. The Morgan fingerprint density at radius 3 is 2.46 bits per heavy atom. The molecule has 1 rings (SSSR count). The van der Waals surface area contributed by atoms with Crippen LogP contribution in [0.5, 0.6) is 0 Å². The summed E-state index contributed by atoms with van der Waals surface area (Å²) in [7, 11) is 0. The van der Waals surface area contributed by atoms with E-state index in [1.807, 2.05) is 0 Å². The number of aromatic nitrogens is 1. The fraction of sp³-hybridized carbons (Fsp3) is 0.286. The highest BCUT2D eigenvalue weighted by Gasteiger charge is 2.07. The van der Waals surface area contributed by atoms with Gasteiger partial charge in [0.05, 0.1) is 5.69 Å². The predicted molar refractivity (Wildman–Crippen MR) is 59.0 cm³/mol. The molecule has 0 aliphatic rings. The number of nitrogens with zero attached hydrogens (tertiary/aromatic N) is 1. The van der Waals surface area contributed by atoms with Crippen LogP contribution in [0.15, 0.2) is 16.7 Å². The summed E-state index contributed by atoms with van der Waals surface area (Å²) in [5, 5.41) is 0. The second-order valence-electron chi connectivity index (χ2n) is 2.31. The van der Waals surface area contributed by atoms with E-state index in [1.165, 1.54) is 12.3 Å². The molecule has 0 radical (unpaired) electrons. The van der Waals surface area contributed by atoms with Crippen LogP contribution in [0.25, 0.3) is 0 Å². The molecular weight excluding hydrogens is 282 g/mol. The Morgan fingerprint density at radius 2 is 2.08 bits per heavy atom. The van der Waals surface area contributed by atoms with Crippen molar-refractivity contribution in [2.75, 3.05) is 0 Å². The minimum absolute atomic E-state index is 0. The number of halogens is 4. The fourth-order valence-corrected chi connectivity index (χ4v) is 1.06. The van der Waals surface area contributed by atoms with Crippen molar-refractivity contribution < 1.29 is 4.39 Å². The number of pyridine rings is 1. The van der Waals surface area contributed by atoms with E-state index in [9.17, 15) is 4.39 Å². The molecule has 0 aromatic carbocycles. The van der Waals surface area contributed by atoms with Crippen molar-refractivity contribution in [3.63, 3.8) is 0 Å². The summed E-state index contributed by atoms with van der Waals surface area (Å²) in [6, 6.07) is 0.995. The Hall–Kier alpha value is 0.1000. The molecule has 0 spiro atoms. The highest BCUT2D eigenvalue weighted by Crippen LogP contribution is 2.15. The lowest BCUT2D eigenvalue weighted by Gasteiger charge is -2.04. The van der Waals surface area contributed by atoms with Crippen molar-refractivity contribution >= 4 is 40.7 Å². The maximum atomic E-state index is 12.9. The molecule has 13 heavy (non-hydrogen) atoms. The maximum absolute atomic E-state index is 12.9. The minimum Gasteiger partial charge on any atom is -0.323 e. The summed E-state index contributed by atoms with van der Waals surface area (Å²) in [6.07, 6.45) is 1.53. The van der Waals surface area contributed by atoms with Crippen LogP contribution in [-0.2, 0) is 0 Å². The van der Waals surface area contributed by atoms with E-state index in [0.29, 0.717) is 10.2 Å². The Morgan fingerprint density at radius 1 is 1.54 bits per heavy atom. The van der Waals surface area contributed by atoms with Crippen molar-refractivity contribution in [2.24, 2.45) is 5.73 Å². The highest BCUT2D eigenvalue weighted by atomic mass is 79.9. The van der Waals surface area contributed by atoms with Crippen molar-refractivity contribution in [2.45, 2.75) is 13.0 Å². The number of hydrogen-bond acceptors (Lipinski definition) is 2. The minimum atomic E-state index is -0.366. The van der Waals surface area contributed by atoms with Gasteiger partial charge in [0.1, 0.15) is 5.82 Å². The molecule has 1 aromatic heterocycles. The lowest BCUT2D eigenvalue weighted by Crippen LogP contribution is -2.09. The molecule has 0 amide bonds. The zero-order chi connectivity index (χ0) is 8.43. The molecule has 0 fully saturated rings. The van der Waals surface area contributed by atoms with Crippen molar-refractivity contribution in [1.82, 2.24) is 4.98 Å². The first kappa shape index (κ1) is 15.6.